The summed E-state index contributed by atoms with van der Waals surface area (Å²) in [5.41, 5.74) is 13.6. The zero-order valence-electron chi connectivity index (χ0n) is 8.98. The van der Waals surface area contributed by atoms with Crippen LogP contribution in [0.2, 0.25) is 5.02 Å². The molecule has 0 atom stereocenters. The summed E-state index contributed by atoms with van der Waals surface area (Å²) in [6.45, 7) is 0. The molecule has 0 saturated heterocycles. The normalized spacial score (nSPS) is 10.2. The number of primary amides is 1. The first-order valence-corrected chi connectivity index (χ1v) is 5.41. The van der Waals surface area contributed by atoms with Crippen molar-refractivity contribution in [3.05, 3.63) is 53.1 Å². The van der Waals surface area contributed by atoms with Crippen LogP contribution in [0.15, 0.2) is 42.5 Å². The molecule has 2 rings (SSSR count). The van der Waals surface area contributed by atoms with E-state index in [1.165, 1.54) is 0 Å². The van der Waals surface area contributed by atoms with E-state index in [9.17, 15) is 4.79 Å². The van der Waals surface area contributed by atoms with E-state index in [0.29, 0.717) is 16.3 Å². The van der Waals surface area contributed by atoms with Crippen molar-refractivity contribution in [1.29, 1.82) is 0 Å². The van der Waals surface area contributed by atoms with E-state index >= 15 is 0 Å². The number of rotatable bonds is 2. The first-order chi connectivity index (χ1) is 8.09. The number of amides is 1. The zero-order valence-corrected chi connectivity index (χ0v) is 9.74. The summed E-state index contributed by atoms with van der Waals surface area (Å²) in [6.07, 6.45) is 0. The summed E-state index contributed by atoms with van der Waals surface area (Å²) in [5, 5.41) is 0.491. The molecule has 3 nitrogen and oxygen atoms in total. The minimum absolute atomic E-state index is 0.464. The van der Waals surface area contributed by atoms with Gasteiger partial charge in [0.05, 0.1) is 10.7 Å². The van der Waals surface area contributed by atoms with Crippen LogP contribution in [-0.4, -0.2) is 5.91 Å². The Hall–Kier alpha value is -2.00. The van der Waals surface area contributed by atoms with Crippen molar-refractivity contribution in [1.82, 2.24) is 0 Å². The number of carbonyl (C=O) groups is 1. The first-order valence-electron chi connectivity index (χ1n) is 5.04. The van der Waals surface area contributed by atoms with Crippen LogP contribution in [0.25, 0.3) is 11.1 Å². The summed E-state index contributed by atoms with van der Waals surface area (Å²) < 4.78 is 0. The molecule has 0 spiro atoms. The van der Waals surface area contributed by atoms with Crippen LogP contribution in [-0.2, 0) is 0 Å². The van der Waals surface area contributed by atoms with E-state index in [1.807, 2.05) is 12.1 Å². The quantitative estimate of drug-likeness (QED) is 0.800. The fourth-order valence-corrected chi connectivity index (χ4v) is 1.78. The van der Waals surface area contributed by atoms with Gasteiger partial charge in [-0.25, -0.2) is 0 Å². The lowest BCUT2D eigenvalue weighted by atomic mass is 9.99. The molecule has 0 bridgehead atoms. The number of benzene rings is 2. The Morgan fingerprint density at radius 3 is 2.47 bits per heavy atom. The Bertz CT molecular complexity index is 581. The molecular formula is C13H11ClN2O. The molecule has 2 aromatic rings. The zero-order chi connectivity index (χ0) is 12.4. The van der Waals surface area contributed by atoms with E-state index in [-0.39, 0.29) is 0 Å². The number of nitrogen functional groups attached to an aromatic ring is 1. The molecule has 4 heteroatoms. The van der Waals surface area contributed by atoms with E-state index in [1.54, 1.807) is 30.3 Å². The molecule has 0 aromatic heterocycles. The topological polar surface area (TPSA) is 69.1 Å². The Kier molecular flexibility index (Phi) is 3.02. The lowest BCUT2D eigenvalue weighted by molar-refractivity contribution is 0.100. The SMILES string of the molecule is NC(=O)c1ccccc1-c1ccc(Cl)c(N)c1. The molecule has 0 unspecified atom stereocenters. The smallest absolute Gasteiger partial charge is 0.249 e. The van der Waals surface area contributed by atoms with Gasteiger partial charge in [-0.1, -0.05) is 35.9 Å². The predicted molar refractivity (Wildman–Crippen MR) is 69.8 cm³/mol. The molecule has 0 radical (unpaired) electrons. The third-order valence-corrected chi connectivity index (χ3v) is 2.84. The van der Waals surface area contributed by atoms with Crippen LogP contribution in [0, 0.1) is 0 Å². The summed E-state index contributed by atoms with van der Waals surface area (Å²) in [4.78, 5) is 11.3. The van der Waals surface area contributed by atoms with Gasteiger partial charge < -0.3 is 11.5 Å². The average molecular weight is 247 g/mol. The fourth-order valence-electron chi connectivity index (χ4n) is 1.66. The highest BCUT2D eigenvalue weighted by Gasteiger charge is 2.09. The van der Waals surface area contributed by atoms with Crippen molar-refractivity contribution in [3.63, 3.8) is 0 Å². The monoisotopic (exact) mass is 246 g/mol. The van der Waals surface area contributed by atoms with Crippen molar-refractivity contribution in [3.8, 4) is 11.1 Å². The summed E-state index contributed by atoms with van der Waals surface area (Å²) >= 11 is 5.85. The van der Waals surface area contributed by atoms with Gasteiger partial charge >= 0.3 is 0 Å². The van der Waals surface area contributed by atoms with E-state index < -0.39 is 5.91 Å². The van der Waals surface area contributed by atoms with Crippen LogP contribution < -0.4 is 11.5 Å². The Balaban J connectivity index is 2.60. The number of halogens is 1. The number of hydrogen-bond donors (Lipinski definition) is 2. The molecule has 0 heterocycles. The maximum absolute atomic E-state index is 11.3. The molecule has 1 amide bonds. The van der Waals surface area contributed by atoms with E-state index in [2.05, 4.69) is 0 Å². The second kappa shape index (κ2) is 4.47. The minimum atomic E-state index is -0.464. The summed E-state index contributed by atoms with van der Waals surface area (Å²) in [6, 6.07) is 12.3. The van der Waals surface area contributed by atoms with Gasteiger partial charge in [0.25, 0.3) is 0 Å². The van der Waals surface area contributed by atoms with Crippen molar-refractivity contribution in [2.24, 2.45) is 5.73 Å². The molecular weight excluding hydrogens is 236 g/mol. The van der Waals surface area contributed by atoms with Crippen LogP contribution in [0.4, 0.5) is 5.69 Å². The Labute approximate surface area is 104 Å². The van der Waals surface area contributed by atoms with Crippen molar-refractivity contribution in [2.75, 3.05) is 5.73 Å². The van der Waals surface area contributed by atoms with Crippen molar-refractivity contribution in [2.45, 2.75) is 0 Å². The molecule has 4 N–H and O–H groups in total. The molecule has 0 fully saturated rings. The number of nitrogens with two attached hydrogens (primary N) is 2. The van der Waals surface area contributed by atoms with Gasteiger partial charge in [0.15, 0.2) is 0 Å². The lowest BCUT2D eigenvalue weighted by Gasteiger charge is -2.08. The molecule has 0 saturated carbocycles. The molecule has 17 heavy (non-hydrogen) atoms. The fraction of sp³-hybridized carbons (Fsp3) is 0. The number of anilines is 1. The Morgan fingerprint density at radius 1 is 1.12 bits per heavy atom. The number of carbonyl (C=O) groups excluding carboxylic acids is 1. The molecule has 86 valence electrons. The van der Waals surface area contributed by atoms with Gasteiger partial charge in [0.1, 0.15) is 0 Å². The maximum atomic E-state index is 11.3. The van der Waals surface area contributed by atoms with Gasteiger partial charge in [0.2, 0.25) is 5.91 Å². The highest BCUT2D eigenvalue weighted by molar-refractivity contribution is 6.33. The van der Waals surface area contributed by atoms with Crippen LogP contribution in [0.5, 0.6) is 0 Å². The highest BCUT2D eigenvalue weighted by Crippen LogP contribution is 2.28. The lowest BCUT2D eigenvalue weighted by Crippen LogP contribution is -2.12. The second-order valence-corrected chi connectivity index (χ2v) is 4.05. The van der Waals surface area contributed by atoms with Crippen molar-refractivity contribution >= 4 is 23.2 Å². The van der Waals surface area contributed by atoms with Gasteiger partial charge in [-0.3, -0.25) is 4.79 Å². The van der Waals surface area contributed by atoms with Gasteiger partial charge in [-0.15, -0.1) is 0 Å². The van der Waals surface area contributed by atoms with Crippen LogP contribution in [0.3, 0.4) is 0 Å². The molecule has 0 aliphatic carbocycles. The molecule has 0 aliphatic rings. The number of hydrogen-bond acceptors (Lipinski definition) is 2. The average Bonchev–Trinajstić information content (AvgIpc) is 2.32. The second-order valence-electron chi connectivity index (χ2n) is 3.65. The van der Waals surface area contributed by atoms with Crippen molar-refractivity contribution < 1.29 is 4.79 Å². The highest BCUT2D eigenvalue weighted by atomic mass is 35.5. The van der Waals surface area contributed by atoms with Gasteiger partial charge in [0, 0.05) is 5.56 Å². The predicted octanol–water partition coefficient (Wildman–Crippen LogP) is 2.69. The summed E-state index contributed by atoms with van der Waals surface area (Å²) in [5.74, 6) is -0.464. The third kappa shape index (κ3) is 2.24. The van der Waals surface area contributed by atoms with Gasteiger partial charge in [-0.2, -0.15) is 0 Å². The van der Waals surface area contributed by atoms with E-state index in [0.717, 1.165) is 11.1 Å². The third-order valence-electron chi connectivity index (χ3n) is 2.50. The van der Waals surface area contributed by atoms with Gasteiger partial charge in [-0.05, 0) is 29.3 Å². The minimum Gasteiger partial charge on any atom is -0.398 e. The molecule has 0 aliphatic heterocycles. The van der Waals surface area contributed by atoms with Crippen LogP contribution >= 0.6 is 11.6 Å². The van der Waals surface area contributed by atoms with Crippen LogP contribution in [0.1, 0.15) is 10.4 Å². The Morgan fingerprint density at radius 2 is 1.82 bits per heavy atom. The largest absolute Gasteiger partial charge is 0.398 e. The summed E-state index contributed by atoms with van der Waals surface area (Å²) in [7, 11) is 0. The standard InChI is InChI=1S/C13H11ClN2O/c14-11-6-5-8(7-12(11)15)9-3-1-2-4-10(9)13(16)17/h1-7H,15H2,(H2,16,17). The first kappa shape index (κ1) is 11.5. The van der Waals surface area contributed by atoms with E-state index in [4.69, 9.17) is 23.1 Å². The molecule has 2 aromatic carbocycles. The maximum Gasteiger partial charge on any atom is 0.249 e.